The number of amidine groups is 1. The molecule has 0 aliphatic carbocycles. The lowest BCUT2D eigenvalue weighted by molar-refractivity contribution is -0.115. The highest BCUT2D eigenvalue weighted by Gasteiger charge is 2.25. The van der Waals surface area contributed by atoms with Gasteiger partial charge in [0.25, 0.3) is 5.91 Å². The number of thioether (sulfide) groups is 1. The van der Waals surface area contributed by atoms with Crippen LogP contribution >= 0.6 is 23.4 Å². The van der Waals surface area contributed by atoms with Gasteiger partial charge < -0.3 is 14.8 Å². The van der Waals surface area contributed by atoms with Crippen molar-refractivity contribution in [3.8, 4) is 11.3 Å². The third-order valence-electron chi connectivity index (χ3n) is 4.02. The third-order valence-corrected chi connectivity index (χ3v) is 5.16. The zero-order valence-electron chi connectivity index (χ0n) is 14.8. The largest absolute Gasteiger partial charge is 0.478 e. The Morgan fingerprint density at radius 1 is 1.14 bits per heavy atom. The van der Waals surface area contributed by atoms with Crippen LogP contribution in [0.4, 0.5) is 5.69 Å². The van der Waals surface area contributed by atoms with E-state index in [1.807, 2.05) is 12.1 Å². The quantitative estimate of drug-likeness (QED) is 0.562. The van der Waals surface area contributed by atoms with Gasteiger partial charge >= 0.3 is 5.97 Å². The summed E-state index contributed by atoms with van der Waals surface area (Å²) in [6.45, 7) is 0. The average Bonchev–Trinajstić information content (AvgIpc) is 3.29. The van der Waals surface area contributed by atoms with Crippen LogP contribution in [0.1, 0.15) is 16.1 Å². The number of carboxylic acids is 1. The van der Waals surface area contributed by atoms with E-state index in [4.69, 9.17) is 16.0 Å². The molecule has 4 rings (SSSR count). The molecule has 144 valence electrons. The number of carboxylic acid groups (broad SMARTS) is 1. The van der Waals surface area contributed by atoms with Crippen molar-refractivity contribution in [3.05, 3.63) is 81.9 Å². The summed E-state index contributed by atoms with van der Waals surface area (Å²) in [6.07, 6.45) is 1.61. The van der Waals surface area contributed by atoms with Crippen molar-refractivity contribution in [2.75, 3.05) is 0 Å². The SMILES string of the molecule is O=C1NC(=Nc2ccccc2C(=O)O)SC1=Cc1ccc(-c2cccc(Cl)c2)o1. The van der Waals surface area contributed by atoms with E-state index in [0.717, 1.165) is 17.3 Å². The Bertz CT molecular complexity index is 1180. The van der Waals surface area contributed by atoms with E-state index in [9.17, 15) is 14.7 Å². The number of benzene rings is 2. The Labute approximate surface area is 174 Å². The normalized spacial score (nSPS) is 16.4. The number of aliphatic imine (C=N–C) groups is 1. The van der Waals surface area contributed by atoms with Gasteiger partial charge in [-0.05, 0) is 48.2 Å². The second-order valence-electron chi connectivity index (χ2n) is 6.02. The van der Waals surface area contributed by atoms with Crippen LogP contribution in [-0.4, -0.2) is 22.2 Å². The highest BCUT2D eigenvalue weighted by Crippen LogP contribution is 2.31. The molecule has 1 aliphatic rings. The zero-order valence-corrected chi connectivity index (χ0v) is 16.3. The van der Waals surface area contributed by atoms with E-state index < -0.39 is 5.97 Å². The van der Waals surface area contributed by atoms with Crippen molar-refractivity contribution < 1.29 is 19.1 Å². The number of furan rings is 1. The molecule has 1 fully saturated rings. The lowest BCUT2D eigenvalue weighted by Gasteiger charge is -2.00. The molecule has 8 heteroatoms. The highest BCUT2D eigenvalue weighted by atomic mass is 35.5. The number of aromatic carboxylic acids is 1. The Kier molecular flexibility index (Phi) is 5.24. The fourth-order valence-corrected chi connectivity index (χ4v) is 3.70. The number of halogens is 1. The van der Waals surface area contributed by atoms with E-state index in [1.54, 1.807) is 48.5 Å². The Balaban J connectivity index is 1.58. The summed E-state index contributed by atoms with van der Waals surface area (Å²) in [7, 11) is 0. The maximum absolute atomic E-state index is 12.3. The fraction of sp³-hybridized carbons (Fsp3) is 0. The summed E-state index contributed by atoms with van der Waals surface area (Å²) in [5.74, 6) is -0.279. The molecule has 29 heavy (non-hydrogen) atoms. The number of hydrogen-bond donors (Lipinski definition) is 2. The van der Waals surface area contributed by atoms with Crippen molar-refractivity contribution in [1.82, 2.24) is 5.32 Å². The van der Waals surface area contributed by atoms with Gasteiger partial charge in [0.2, 0.25) is 0 Å². The smallest absolute Gasteiger partial charge is 0.337 e. The maximum atomic E-state index is 12.3. The minimum atomic E-state index is -1.08. The molecule has 0 spiro atoms. The van der Waals surface area contributed by atoms with Crippen LogP contribution < -0.4 is 5.32 Å². The Hall–Kier alpha value is -3.29. The highest BCUT2D eigenvalue weighted by molar-refractivity contribution is 8.18. The minimum Gasteiger partial charge on any atom is -0.478 e. The van der Waals surface area contributed by atoms with Gasteiger partial charge in [-0.15, -0.1) is 0 Å². The molecule has 0 bridgehead atoms. The van der Waals surface area contributed by atoms with Crippen LogP contribution in [-0.2, 0) is 4.79 Å². The lowest BCUT2D eigenvalue weighted by Crippen LogP contribution is -2.19. The van der Waals surface area contributed by atoms with Gasteiger partial charge in [0, 0.05) is 16.7 Å². The van der Waals surface area contributed by atoms with Crippen LogP contribution in [0.2, 0.25) is 5.02 Å². The van der Waals surface area contributed by atoms with Crippen molar-refractivity contribution in [2.45, 2.75) is 0 Å². The molecule has 0 unspecified atom stereocenters. The number of carbonyl (C=O) groups is 2. The maximum Gasteiger partial charge on any atom is 0.337 e. The second kappa shape index (κ2) is 7.98. The molecule has 3 aromatic rings. The number of amides is 1. The summed E-state index contributed by atoms with van der Waals surface area (Å²) in [4.78, 5) is 28.2. The number of rotatable bonds is 4. The number of carbonyl (C=O) groups excluding carboxylic acids is 1. The molecule has 1 aromatic heterocycles. The molecule has 2 N–H and O–H groups in total. The van der Waals surface area contributed by atoms with Gasteiger partial charge in [0.15, 0.2) is 5.17 Å². The van der Waals surface area contributed by atoms with Crippen LogP contribution in [0.5, 0.6) is 0 Å². The first-order chi connectivity index (χ1) is 14.0. The third kappa shape index (κ3) is 4.26. The van der Waals surface area contributed by atoms with Gasteiger partial charge in [0.05, 0.1) is 16.2 Å². The molecule has 1 aliphatic heterocycles. The molecule has 1 amide bonds. The molecule has 2 aromatic carbocycles. The predicted molar refractivity (Wildman–Crippen MR) is 113 cm³/mol. The Morgan fingerprint density at radius 2 is 1.97 bits per heavy atom. The first-order valence-electron chi connectivity index (χ1n) is 8.47. The molecule has 2 heterocycles. The van der Waals surface area contributed by atoms with Crippen LogP contribution in [0.3, 0.4) is 0 Å². The standard InChI is InChI=1S/C21H13ClN2O4S/c22-13-5-3-4-12(10-13)17-9-8-14(28-17)11-18-19(25)24-21(29-18)23-16-7-2-1-6-15(16)20(26)27/h1-11H,(H,26,27)(H,23,24,25). The van der Waals surface area contributed by atoms with Crippen molar-refractivity contribution in [3.63, 3.8) is 0 Å². The summed E-state index contributed by atoms with van der Waals surface area (Å²) < 4.78 is 5.79. The molecule has 6 nitrogen and oxygen atoms in total. The number of nitrogens with zero attached hydrogens (tertiary/aromatic N) is 1. The van der Waals surface area contributed by atoms with E-state index >= 15 is 0 Å². The molecule has 0 atom stereocenters. The summed E-state index contributed by atoms with van der Waals surface area (Å²) in [5, 5.41) is 12.8. The zero-order chi connectivity index (χ0) is 20.4. The van der Waals surface area contributed by atoms with E-state index in [2.05, 4.69) is 10.3 Å². The minimum absolute atomic E-state index is 0.0597. The van der Waals surface area contributed by atoms with Crippen LogP contribution in [0, 0.1) is 0 Å². The second-order valence-corrected chi connectivity index (χ2v) is 7.48. The predicted octanol–water partition coefficient (Wildman–Crippen LogP) is 5.19. The first-order valence-corrected chi connectivity index (χ1v) is 9.67. The molecular weight excluding hydrogens is 412 g/mol. The fourth-order valence-electron chi connectivity index (χ4n) is 2.70. The van der Waals surface area contributed by atoms with E-state index in [-0.39, 0.29) is 17.2 Å². The van der Waals surface area contributed by atoms with Gasteiger partial charge in [0.1, 0.15) is 11.5 Å². The topological polar surface area (TPSA) is 91.9 Å². The van der Waals surface area contributed by atoms with E-state index in [0.29, 0.717) is 26.6 Å². The average molecular weight is 425 g/mol. The van der Waals surface area contributed by atoms with Gasteiger partial charge in [-0.1, -0.05) is 35.9 Å². The monoisotopic (exact) mass is 424 g/mol. The summed E-state index contributed by atoms with van der Waals surface area (Å²) >= 11 is 7.12. The number of para-hydroxylation sites is 1. The molecular formula is C21H13ClN2O4S. The molecule has 0 radical (unpaired) electrons. The molecule has 0 saturated carbocycles. The molecule has 1 saturated heterocycles. The number of nitrogens with one attached hydrogen (secondary N) is 1. The Morgan fingerprint density at radius 3 is 2.76 bits per heavy atom. The van der Waals surface area contributed by atoms with Crippen molar-refractivity contribution >= 4 is 52.2 Å². The van der Waals surface area contributed by atoms with Gasteiger partial charge in [-0.25, -0.2) is 9.79 Å². The van der Waals surface area contributed by atoms with Crippen LogP contribution in [0.15, 0.2) is 75.0 Å². The summed E-state index contributed by atoms with van der Waals surface area (Å²) in [6, 6.07) is 17.2. The van der Waals surface area contributed by atoms with Gasteiger partial charge in [-0.2, -0.15) is 0 Å². The lowest BCUT2D eigenvalue weighted by atomic mass is 10.2. The van der Waals surface area contributed by atoms with Gasteiger partial charge in [-0.3, -0.25) is 4.79 Å². The van der Waals surface area contributed by atoms with Crippen molar-refractivity contribution in [1.29, 1.82) is 0 Å². The van der Waals surface area contributed by atoms with Crippen molar-refractivity contribution in [2.24, 2.45) is 4.99 Å². The first kappa shape index (κ1) is 19.0. The van der Waals surface area contributed by atoms with E-state index in [1.165, 1.54) is 6.07 Å². The summed E-state index contributed by atoms with van der Waals surface area (Å²) in [5.41, 5.74) is 1.16. The number of hydrogen-bond acceptors (Lipinski definition) is 5. The van der Waals surface area contributed by atoms with Crippen LogP contribution in [0.25, 0.3) is 17.4 Å².